The molecule has 1 atom stereocenters. The molecule has 1 saturated heterocycles. The molecule has 0 saturated carbocycles. The molecule has 0 amide bonds. The van der Waals surface area contributed by atoms with Crippen molar-refractivity contribution in [3.8, 4) is 0 Å². The van der Waals surface area contributed by atoms with E-state index in [-0.39, 0.29) is 17.9 Å². The molecule has 0 spiro atoms. The Labute approximate surface area is 99.6 Å². The van der Waals surface area contributed by atoms with Crippen LogP contribution in [0.15, 0.2) is 11.6 Å². The number of halogens is 1. The maximum absolute atomic E-state index is 11.4. The summed E-state index contributed by atoms with van der Waals surface area (Å²) in [5.74, 6) is -0.990. The molecule has 0 aliphatic carbocycles. The minimum absolute atomic E-state index is 0.0826. The number of sulfone groups is 1. The Kier molecular flexibility index (Phi) is 4.76. The Morgan fingerprint density at radius 1 is 1.56 bits per heavy atom. The highest BCUT2D eigenvalue weighted by Gasteiger charge is 2.31. The van der Waals surface area contributed by atoms with Crippen LogP contribution in [0.4, 0.5) is 0 Å². The molecule has 1 unspecified atom stereocenters. The fourth-order valence-corrected chi connectivity index (χ4v) is 3.40. The molecule has 0 radical (unpaired) electrons. The molecule has 0 aromatic carbocycles. The Bertz CT molecular complexity index is 379. The van der Waals surface area contributed by atoms with E-state index in [1.807, 2.05) is 4.90 Å². The molecule has 1 aliphatic heterocycles. The third kappa shape index (κ3) is 4.11. The fraction of sp³-hybridized carbons (Fsp3) is 0.667. The zero-order valence-electron chi connectivity index (χ0n) is 8.67. The highest BCUT2D eigenvalue weighted by atomic mass is 35.5. The number of nitrogens with zero attached hydrogens (tertiary/aromatic N) is 1. The number of hydrogen-bond donors (Lipinski definition) is 1. The van der Waals surface area contributed by atoms with Gasteiger partial charge in [-0.2, -0.15) is 0 Å². The van der Waals surface area contributed by atoms with Gasteiger partial charge < -0.3 is 5.11 Å². The van der Waals surface area contributed by atoms with E-state index in [1.165, 1.54) is 5.54 Å². The molecule has 1 aliphatic rings. The van der Waals surface area contributed by atoms with Gasteiger partial charge >= 0.3 is 5.97 Å². The molecule has 0 aromatic heterocycles. The first-order valence-electron chi connectivity index (χ1n) is 4.86. The number of carbonyl (C=O) groups is 1. The van der Waals surface area contributed by atoms with E-state index >= 15 is 0 Å². The van der Waals surface area contributed by atoms with Gasteiger partial charge in [0.25, 0.3) is 0 Å². The third-order valence-electron chi connectivity index (χ3n) is 2.49. The molecule has 1 heterocycles. The predicted molar refractivity (Wildman–Crippen MR) is 61.3 cm³/mol. The predicted octanol–water partition coefficient (Wildman–Crippen LogP) is 0.313. The van der Waals surface area contributed by atoms with Crippen LogP contribution in [-0.4, -0.2) is 55.0 Å². The lowest BCUT2D eigenvalue weighted by Crippen LogP contribution is -2.49. The van der Waals surface area contributed by atoms with Crippen LogP contribution in [-0.2, 0) is 14.6 Å². The van der Waals surface area contributed by atoms with Crippen molar-refractivity contribution in [3.63, 3.8) is 0 Å². The first-order chi connectivity index (χ1) is 7.44. The zero-order valence-corrected chi connectivity index (χ0v) is 10.2. The van der Waals surface area contributed by atoms with Crippen LogP contribution in [0.3, 0.4) is 0 Å². The van der Waals surface area contributed by atoms with Crippen molar-refractivity contribution in [2.75, 3.05) is 24.6 Å². The summed E-state index contributed by atoms with van der Waals surface area (Å²) < 4.78 is 22.8. The van der Waals surface area contributed by atoms with Crippen molar-refractivity contribution in [3.05, 3.63) is 11.6 Å². The third-order valence-corrected chi connectivity index (χ3v) is 4.37. The summed E-state index contributed by atoms with van der Waals surface area (Å²) in [6, 6.07) is -0.455. The number of hydrogen-bond acceptors (Lipinski definition) is 4. The van der Waals surface area contributed by atoms with Crippen LogP contribution in [0.2, 0.25) is 0 Å². The van der Waals surface area contributed by atoms with E-state index in [2.05, 4.69) is 0 Å². The van der Waals surface area contributed by atoms with Gasteiger partial charge in [-0.15, -0.1) is 0 Å². The van der Waals surface area contributed by atoms with Crippen molar-refractivity contribution < 1.29 is 18.3 Å². The summed E-state index contributed by atoms with van der Waals surface area (Å²) in [5.41, 5.74) is 1.35. The summed E-state index contributed by atoms with van der Waals surface area (Å²) in [7, 11) is -3.10. The number of aliphatic carboxylic acids is 1. The van der Waals surface area contributed by atoms with Crippen LogP contribution in [0.5, 0.6) is 0 Å². The summed E-state index contributed by atoms with van der Waals surface area (Å²) in [4.78, 5) is 12.5. The molecule has 0 bridgehead atoms. The molecule has 92 valence electrons. The summed E-state index contributed by atoms with van der Waals surface area (Å²) >= 11 is 5.39. The zero-order chi connectivity index (χ0) is 12.2. The van der Waals surface area contributed by atoms with Gasteiger partial charge in [0.05, 0.1) is 17.9 Å². The van der Waals surface area contributed by atoms with E-state index < -0.39 is 21.8 Å². The van der Waals surface area contributed by atoms with E-state index in [0.29, 0.717) is 13.1 Å². The first-order valence-corrected chi connectivity index (χ1v) is 7.12. The van der Waals surface area contributed by atoms with Crippen LogP contribution >= 0.6 is 11.6 Å². The first kappa shape index (κ1) is 13.5. The SMILES string of the molecule is O=C(O)CC1CS(=O)(=O)CCN1C/C=C/Cl. The Balaban J connectivity index is 2.71. The van der Waals surface area contributed by atoms with E-state index in [1.54, 1.807) is 6.08 Å². The van der Waals surface area contributed by atoms with E-state index in [4.69, 9.17) is 16.7 Å². The minimum atomic E-state index is -3.10. The van der Waals surface area contributed by atoms with Crippen LogP contribution < -0.4 is 0 Å². The average Bonchev–Trinajstić information content (AvgIpc) is 2.14. The number of carboxylic acids is 1. The maximum atomic E-state index is 11.4. The fourth-order valence-electron chi connectivity index (χ4n) is 1.73. The molecule has 5 nitrogen and oxygen atoms in total. The average molecular weight is 268 g/mol. The van der Waals surface area contributed by atoms with Gasteiger partial charge in [0.2, 0.25) is 0 Å². The molecule has 1 rings (SSSR count). The van der Waals surface area contributed by atoms with E-state index in [9.17, 15) is 13.2 Å². The largest absolute Gasteiger partial charge is 0.481 e. The molecule has 7 heteroatoms. The molecular formula is C9H14ClNO4S. The van der Waals surface area contributed by atoms with Crippen LogP contribution in [0, 0.1) is 0 Å². The quantitative estimate of drug-likeness (QED) is 0.794. The second-order valence-corrected chi connectivity index (χ2v) is 6.20. The summed E-state index contributed by atoms with van der Waals surface area (Å²) in [6.07, 6.45) is 1.52. The maximum Gasteiger partial charge on any atom is 0.304 e. The lowest BCUT2D eigenvalue weighted by Gasteiger charge is -2.33. The van der Waals surface area contributed by atoms with Gasteiger partial charge in [-0.3, -0.25) is 9.69 Å². The molecular weight excluding hydrogens is 254 g/mol. The molecule has 0 aromatic rings. The summed E-state index contributed by atoms with van der Waals surface area (Å²) in [6.45, 7) is 0.846. The molecule has 16 heavy (non-hydrogen) atoms. The van der Waals surface area contributed by atoms with Gasteiger partial charge in [-0.25, -0.2) is 8.42 Å². The Morgan fingerprint density at radius 2 is 2.25 bits per heavy atom. The lowest BCUT2D eigenvalue weighted by atomic mass is 10.2. The van der Waals surface area contributed by atoms with Gasteiger partial charge in [0.15, 0.2) is 9.84 Å². The standard InChI is InChI=1S/C9H14ClNO4S/c10-2-1-3-11-4-5-16(14,15)7-8(11)6-9(12)13/h1-2,8H,3-7H2,(H,12,13)/b2-1+. The van der Waals surface area contributed by atoms with Crippen molar-refractivity contribution in [2.24, 2.45) is 0 Å². The second-order valence-electron chi connectivity index (χ2n) is 3.72. The van der Waals surface area contributed by atoms with Crippen LogP contribution in [0.25, 0.3) is 0 Å². The van der Waals surface area contributed by atoms with Gasteiger partial charge in [-0.05, 0) is 0 Å². The van der Waals surface area contributed by atoms with Gasteiger partial charge in [-0.1, -0.05) is 17.7 Å². The number of rotatable bonds is 4. The Hall–Kier alpha value is -0.590. The van der Waals surface area contributed by atoms with Crippen LogP contribution in [0.1, 0.15) is 6.42 Å². The smallest absolute Gasteiger partial charge is 0.304 e. The van der Waals surface area contributed by atoms with Gasteiger partial charge in [0, 0.05) is 24.7 Å². The normalized spacial score (nSPS) is 25.9. The van der Waals surface area contributed by atoms with E-state index in [0.717, 1.165) is 0 Å². The topological polar surface area (TPSA) is 74.7 Å². The highest BCUT2D eigenvalue weighted by molar-refractivity contribution is 7.91. The monoisotopic (exact) mass is 267 g/mol. The highest BCUT2D eigenvalue weighted by Crippen LogP contribution is 2.14. The Morgan fingerprint density at radius 3 is 2.81 bits per heavy atom. The van der Waals surface area contributed by atoms with Crippen molar-refractivity contribution in [1.82, 2.24) is 4.90 Å². The second kappa shape index (κ2) is 5.65. The minimum Gasteiger partial charge on any atom is -0.481 e. The lowest BCUT2D eigenvalue weighted by molar-refractivity contribution is -0.138. The summed E-state index contributed by atoms with van der Waals surface area (Å²) in [5, 5.41) is 8.71. The van der Waals surface area contributed by atoms with Gasteiger partial charge in [0.1, 0.15) is 0 Å². The van der Waals surface area contributed by atoms with Crippen molar-refractivity contribution >= 4 is 27.4 Å². The van der Waals surface area contributed by atoms with Crippen molar-refractivity contribution in [1.29, 1.82) is 0 Å². The molecule has 1 N–H and O–H groups in total. The molecule has 1 fully saturated rings. The number of carboxylic acid groups (broad SMARTS) is 1. The van der Waals surface area contributed by atoms with Crippen molar-refractivity contribution in [2.45, 2.75) is 12.5 Å².